The first-order chi connectivity index (χ1) is 15.6. The summed E-state index contributed by atoms with van der Waals surface area (Å²) >= 11 is 0. The van der Waals surface area contributed by atoms with Gasteiger partial charge >= 0.3 is 0 Å². The quantitative estimate of drug-likeness (QED) is 0.676. The van der Waals surface area contributed by atoms with E-state index in [2.05, 4.69) is 35.8 Å². The fourth-order valence-electron chi connectivity index (χ4n) is 4.60. The average Bonchev–Trinajstić information content (AvgIpc) is 2.83. The van der Waals surface area contributed by atoms with E-state index >= 15 is 0 Å². The van der Waals surface area contributed by atoms with Gasteiger partial charge in [-0.15, -0.1) is 0 Å². The number of aliphatic hydroxyl groups excluding tert-OH is 1. The Balaban J connectivity index is 1.65. The fourth-order valence-corrected chi connectivity index (χ4v) is 4.60. The zero-order chi connectivity index (χ0) is 22.1. The van der Waals surface area contributed by atoms with Crippen molar-refractivity contribution in [3.05, 3.63) is 48.0 Å². The lowest BCUT2D eigenvalue weighted by Gasteiger charge is -2.38. The van der Waals surface area contributed by atoms with Crippen LogP contribution in [-0.2, 0) is 16.1 Å². The van der Waals surface area contributed by atoms with Gasteiger partial charge in [0.05, 0.1) is 50.5 Å². The Labute approximate surface area is 188 Å². The van der Waals surface area contributed by atoms with Crippen LogP contribution in [0.15, 0.2) is 42.5 Å². The minimum absolute atomic E-state index is 0.0117. The Morgan fingerprint density at radius 1 is 0.938 bits per heavy atom. The number of hydrogen-bond acceptors (Lipinski definition) is 7. The van der Waals surface area contributed by atoms with Crippen LogP contribution in [0.3, 0.4) is 0 Å². The van der Waals surface area contributed by atoms with Crippen molar-refractivity contribution in [2.75, 3.05) is 49.3 Å². The van der Waals surface area contributed by atoms with E-state index in [9.17, 15) is 5.11 Å². The Bertz CT molecular complexity index is 1110. The van der Waals surface area contributed by atoms with E-state index in [1.807, 2.05) is 30.3 Å². The molecule has 0 aliphatic carbocycles. The molecule has 7 heteroatoms. The third-order valence-corrected chi connectivity index (χ3v) is 6.38. The van der Waals surface area contributed by atoms with E-state index in [4.69, 9.17) is 19.4 Å². The molecule has 0 amide bonds. The molecule has 2 fully saturated rings. The topological polar surface area (TPSA) is 71.0 Å². The van der Waals surface area contributed by atoms with Crippen molar-refractivity contribution >= 4 is 22.5 Å². The number of morpholine rings is 2. The van der Waals surface area contributed by atoms with E-state index in [0.717, 1.165) is 59.1 Å². The molecule has 168 valence electrons. The molecule has 0 saturated carbocycles. The maximum atomic E-state index is 9.53. The number of anilines is 2. The summed E-state index contributed by atoms with van der Waals surface area (Å²) in [4.78, 5) is 14.7. The Morgan fingerprint density at radius 3 is 2.41 bits per heavy atom. The van der Waals surface area contributed by atoms with Gasteiger partial charge < -0.3 is 24.4 Å². The van der Waals surface area contributed by atoms with Gasteiger partial charge in [-0.25, -0.2) is 9.97 Å². The van der Waals surface area contributed by atoms with Crippen LogP contribution in [0.1, 0.15) is 19.4 Å². The summed E-state index contributed by atoms with van der Waals surface area (Å²) in [6, 6.07) is 14.8. The number of benzene rings is 1. The summed E-state index contributed by atoms with van der Waals surface area (Å²) in [7, 11) is 0. The molecular weight excluding hydrogens is 404 g/mol. The average molecular weight is 435 g/mol. The standard InChI is InChI=1S/C25H30N4O3/c1-17-15-31-10-8-28(17)23-13-24(29-9-11-32-16-18(29)2)27-25-21(23)6-7-22(26-25)20-5-3-4-19(12-20)14-30/h3-7,12-13,17-18,30H,8-11,14-16H2,1-2H3/t17-,18-/m0/s1. The van der Waals surface area contributed by atoms with Crippen LogP contribution < -0.4 is 9.80 Å². The van der Waals surface area contributed by atoms with Crippen molar-refractivity contribution in [2.24, 2.45) is 0 Å². The lowest BCUT2D eigenvalue weighted by molar-refractivity contribution is 0.0981. The Hall–Kier alpha value is -2.74. The summed E-state index contributed by atoms with van der Waals surface area (Å²) in [5.74, 6) is 0.941. The first kappa shape index (κ1) is 21.1. The number of fused-ring (bicyclic) bond motifs is 1. The smallest absolute Gasteiger partial charge is 0.164 e. The summed E-state index contributed by atoms with van der Waals surface area (Å²) in [5, 5.41) is 10.6. The molecule has 1 aromatic carbocycles. The van der Waals surface area contributed by atoms with Gasteiger partial charge in [-0.3, -0.25) is 0 Å². The molecular formula is C25H30N4O3. The number of rotatable bonds is 4. The van der Waals surface area contributed by atoms with Gasteiger partial charge in [-0.2, -0.15) is 0 Å². The van der Waals surface area contributed by atoms with Gasteiger partial charge in [0.2, 0.25) is 0 Å². The number of hydrogen-bond donors (Lipinski definition) is 1. The van der Waals surface area contributed by atoms with E-state index in [1.165, 1.54) is 0 Å². The molecule has 0 spiro atoms. The van der Waals surface area contributed by atoms with Crippen LogP contribution in [-0.4, -0.2) is 66.7 Å². The minimum atomic E-state index is 0.0117. The van der Waals surface area contributed by atoms with E-state index in [1.54, 1.807) is 0 Å². The normalized spacial score (nSPS) is 21.8. The molecule has 5 rings (SSSR count). The number of nitrogens with zero attached hydrogens (tertiary/aromatic N) is 4. The predicted molar refractivity (Wildman–Crippen MR) is 126 cm³/mol. The van der Waals surface area contributed by atoms with Gasteiger partial charge in [-0.1, -0.05) is 18.2 Å². The van der Waals surface area contributed by atoms with Gasteiger partial charge in [0.15, 0.2) is 5.65 Å². The molecule has 0 radical (unpaired) electrons. The molecule has 2 aliphatic rings. The molecule has 3 aromatic rings. The highest BCUT2D eigenvalue weighted by molar-refractivity contribution is 5.93. The summed E-state index contributed by atoms with van der Waals surface area (Å²) in [6.07, 6.45) is 0. The van der Waals surface area contributed by atoms with Gasteiger partial charge in [-0.05, 0) is 37.6 Å². The van der Waals surface area contributed by atoms with Crippen molar-refractivity contribution in [1.29, 1.82) is 0 Å². The minimum Gasteiger partial charge on any atom is -0.392 e. The summed E-state index contributed by atoms with van der Waals surface area (Å²) in [6.45, 7) is 8.88. The third-order valence-electron chi connectivity index (χ3n) is 6.38. The predicted octanol–water partition coefficient (Wildman–Crippen LogP) is 3.24. The van der Waals surface area contributed by atoms with Gasteiger partial charge in [0.1, 0.15) is 5.82 Å². The Morgan fingerprint density at radius 2 is 1.69 bits per heavy atom. The van der Waals surface area contributed by atoms with Crippen molar-refractivity contribution < 1.29 is 14.6 Å². The molecule has 4 heterocycles. The second-order valence-corrected chi connectivity index (χ2v) is 8.66. The molecule has 7 nitrogen and oxygen atoms in total. The molecule has 2 aromatic heterocycles. The van der Waals surface area contributed by atoms with Crippen molar-refractivity contribution in [3.63, 3.8) is 0 Å². The highest BCUT2D eigenvalue weighted by atomic mass is 16.5. The van der Waals surface area contributed by atoms with Crippen LogP contribution in [0.2, 0.25) is 0 Å². The van der Waals surface area contributed by atoms with Crippen molar-refractivity contribution in [2.45, 2.75) is 32.5 Å². The lowest BCUT2D eigenvalue weighted by Crippen LogP contribution is -2.45. The van der Waals surface area contributed by atoms with E-state index in [0.29, 0.717) is 19.8 Å². The second-order valence-electron chi connectivity index (χ2n) is 8.66. The molecule has 2 atom stereocenters. The number of aliphatic hydroxyl groups is 1. The lowest BCUT2D eigenvalue weighted by atomic mass is 10.1. The zero-order valence-electron chi connectivity index (χ0n) is 18.7. The maximum Gasteiger partial charge on any atom is 0.164 e. The van der Waals surface area contributed by atoms with E-state index in [-0.39, 0.29) is 18.7 Å². The first-order valence-electron chi connectivity index (χ1n) is 11.3. The van der Waals surface area contributed by atoms with Gasteiger partial charge in [0, 0.05) is 36.1 Å². The molecule has 1 N–H and O–H groups in total. The van der Waals surface area contributed by atoms with Gasteiger partial charge in [0.25, 0.3) is 0 Å². The number of ether oxygens (including phenoxy) is 2. The first-order valence-corrected chi connectivity index (χ1v) is 11.3. The highest BCUT2D eigenvalue weighted by Gasteiger charge is 2.26. The highest BCUT2D eigenvalue weighted by Crippen LogP contribution is 2.34. The summed E-state index contributed by atoms with van der Waals surface area (Å²) in [5.41, 5.74) is 4.60. The molecule has 32 heavy (non-hydrogen) atoms. The monoisotopic (exact) mass is 434 g/mol. The van der Waals surface area contributed by atoms with Crippen LogP contribution in [0.4, 0.5) is 11.5 Å². The second kappa shape index (κ2) is 9.02. The molecule has 0 unspecified atom stereocenters. The molecule has 0 bridgehead atoms. The molecule has 2 saturated heterocycles. The number of aromatic nitrogens is 2. The molecule has 2 aliphatic heterocycles. The fraction of sp³-hybridized carbons (Fsp3) is 0.440. The van der Waals surface area contributed by atoms with Crippen molar-refractivity contribution in [3.8, 4) is 11.3 Å². The van der Waals surface area contributed by atoms with Crippen LogP contribution in [0, 0.1) is 0 Å². The van der Waals surface area contributed by atoms with Crippen molar-refractivity contribution in [1.82, 2.24) is 9.97 Å². The maximum absolute atomic E-state index is 9.53. The zero-order valence-corrected chi connectivity index (χ0v) is 18.7. The van der Waals surface area contributed by atoms with Crippen LogP contribution in [0.25, 0.3) is 22.3 Å². The van der Waals surface area contributed by atoms with E-state index < -0.39 is 0 Å². The van der Waals surface area contributed by atoms with Crippen LogP contribution in [0.5, 0.6) is 0 Å². The van der Waals surface area contributed by atoms with Crippen LogP contribution >= 0.6 is 0 Å². The third kappa shape index (κ3) is 4.03. The number of pyridine rings is 2. The Kier molecular flexibility index (Phi) is 5.95. The summed E-state index contributed by atoms with van der Waals surface area (Å²) < 4.78 is 11.3. The SMILES string of the molecule is C[C@H]1COCCN1c1cc(N2CCOC[C@@H]2C)c2ccc(-c3cccc(CO)c3)nc2n1. The largest absolute Gasteiger partial charge is 0.392 e.